The maximum absolute atomic E-state index is 15.0. The number of hydrogen-bond acceptors (Lipinski definition) is 7. The van der Waals surface area contributed by atoms with Gasteiger partial charge in [0.05, 0.1) is 11.4 Å². The fourth-order valence-corrected chi connectivity index (χ4v) is 5.20. The lowest BCUT2D eigenvalue weighted by Gasteiger charge is -2.28. The molecule has 0 radical (unpaired) electrons. The minimum absolute atomic E-state index is 0.0121. The van der Waals surface area contributed by atoms with Gasteiger partial charge in [0.2, 0.25) is 0 Å². The first-order valence-electron chi connectivity index (χ1n) is 14.0. The van der Waals surface area contributed by atoms with Gasteiger partial charge < -0.3 is 31.1 Å². The second kappa shape index (κ2) is 12.5. The molecule has 2 amide bonds. The van der Waals surface area contributed by atoms with Crippen LogP contribution in [0.25, 0.3) is 22.3 Å². The summed E-state index contributed by atoms with van der Waals surface area (Å²) in [6.45, 7) is 6.97. The van der Waals surface area contributed by atoms with Gasteiger partial charge in [0.1, 0.15) is 23.3 Å². The molecule has 2 aliphatic rings. The second-order valence-corrected chi connectivity index (χ2v) is 10.2. The molecule has 2 saturated heterocycles. The summed E-state index contributed by atoms with van der Waals surface area (Å²) in [5, 5.41) is 11.6. The summed E-state index contributed by atoms with van der Waals surface area (Å²) in [7, 11) is 0. The van der Waals surface area contributed by atoms with Gasteiger partial charge in [0, 0.05) is 64.8 Å². The number of pyridine rings is 2. The first-order valence-corrected chi connectivity index (χ1v) is 14.0. The van der Waals surface area contributed by atoms with Crippen LogP contribution in [0.4, 0.5) is 36.6 Å². The van der Waals surface area contributed by atoms with Crippen LogP contribution in [-0.2, 0) is 0 Å². The van der Waals surface area contributed by atoms with E-state index in [2.05, 4.69) is 41.0 Å². The van der Waals surface area contributed by atoms with Crippen LogP contribution >= 0.6 is 0 Å². The van der Waals surface area contributed by atoms with E-state index in [1.54, 1.807) is 24.5 Å². The molecule has 42 heavy (non-hydrogen) atoms. The van der Waals surface area contributed by atoms with Crippen molar-refractivity contribution in [2.24, 2.45) is 0 Å². The Kier molecular flexibility index (Phi) is 8.20. The standard InChI is InChI=1S/C31H32F2N8O/c32-25-17-21(23-5-7-36-29(19-23)40-13-9-34-10-14-40)1-3-27(25)38-31(42)39-28-4-2-22(18-26(28)33)24-6-8-37-30(20-24)41-15-11-35-12-16-41/h1-8,17-20,34-35H,9-16H2,(H2,38,39,42). The molecule has 0 atom stereocenters. The normalized spacial score (nSPS) is 15.4. The summed E-state index contributed by atoms with van der Waals surface area (Å²) in [5.74, 6) is 0.481. The first kappa shape index (κ1) is 27.6. The highest BCUT2D eigenvalue weighted by Gasteiger charge is 2.16. The number of rotatable bonds is 6. The van der Waals surface area contributed by atoms with Crippen molar-refractivity contribution in [1.82, 2.24) is 20.6 Å². The van der Waals surface area contributed by atoms with E-state index < -0.39 is 17.7 Å². The van der Waals surface area contributed by atoms with Gasteiger partial charge in [0.15, 0.2) is 0 Å². The molecule has 2 aromatic carbocycles. The number of nitrogens with zero attached hydrogens (tertiary/aromatic N) is 4. The Morgan fingerprint density at radius 3 is 1.43 bits per heavy atom. The van der Waals surface area contributed by atoms with Crippen LogP contribution in [0.1, 0.15) is 0 Å². The SMILES string of the molecule is O=C(Nc1ccc(-c2ccnc(N3CCNCC3)c2)cc1F)Nc1ccc(-c2ccnc(N3CCNCC3)c2)cc1F. The van der Waals surface area contributed by atoms with Gasteiger partial charge in [-0.1, -0.05) is 12.1 Å². The van der Waals surface area contributed by atoms with E-state index in [1.807, 2.05) is 24.3 Å². The highest BCUT2D eigenvalue weighted by atomic mass is 19.1. The van der Waals surface area contributed by atoms with Crippen molar-refractivity contribution in [1.29, 1.82) is 0 Å². The molecule has 4 aromatic rings. The van der Waals surface area contributed by atoms with Crippen molar-refractivity contribution in [3.05, 3.63) is 84.7 Å². The lowest BCUT2D eigenvalue weighted by atomic mass is 10.1. The summed E-state index contributed by atoms with van der Waals surface area (Å²) in [5.41, 5.74) is 2.95. The van der Waals surface area contributed by atoms with Gasteiger partial charge in [-0.2, -0.15) is 0 Å². The lowest BCUT2D eigenvalue weighted by molar-refractivity contribution is 0.262. The Hall–Kier alpha value is -4.61. The predicted octanol–water partition coefficient (Wildman–Crippen LogP) is 4.55. The number of nitrogens with one attached hydrogen (secondary N) is 4. The Balaban J connectivity index is 1.11. The number of aromatic nitrogens is 2. The second-order valence-electron chi connectivity index (χ2n) is 10.2. The molecule has 2 aromatic heterocycles. The number of halogens is 2. The van der Waals surface area contributed by atoms with Gasteiger partial charge >= 0.3 is 6.03 Å². The molecule has 11 heteroatoms. The van der Waals surface area contributed by atoms with Crippen molar-refractivity contribution >= 4 is 29.0 Å². The van der Waals surface area contributed by atoms with E-state index in [1.165, 1.54) is 24.3 Å². The van der Waals surface area contributed by atoms with E-state index in [9.17, 15) is 4.79 Å². The van der Waals surface area contributed by atoms with Crippen LogP contribution in [0.2, 0.25) is 0 Å². The van der Waals surface area contributed by atoms with Crippen LogP contribution in [0.15, 0.2) is 73.1 Å². The summed E-state index contributed by atoms with van der Waals surface area (Å²) in [6, 6.07) is 16.0. The minimum Gasteiger partial charge on any atom is -0.354 e. The molecule has 0 bridgehead atoms. The van der Waals surface area contributed by atoms with Crippen molar-refractivity contribution in [2.75, 3.05) is 72.8 Å². The van der Waals surface area contributed by atoms with Crippen molar-refractivity contribution in [2.45, 2.75) is 0 Å². The third-order valence-electron chi connectivity index (χ3n) is 7.47. The highest BCUT2D eigenvalue weighted by molar-refractivity contribution is 6.00. The fourth-order valence-electron chi connectivity index (χ4n) is 5.20. The number of piperazine rings is 2. The zero-order valence-electron chi connectivity index (χ0n) is 23.0. The van der Waals surface area contributed by atoms with Gasteiger partial charge in [-0.3, -0.25) is 0 Å². The molecular weight excluding hydrogens is 538 g/mol. The third kappa shape index (κ3) is 6.32. The molecule has 0 saturated carbocycles. The highest BCUT2D eigenvalue weighted by Crippen LogP contribution is 2.29. The molecule has 6 rings (SSSR count). The molecule has 0 spiro atoms. The van der Waals surface area contributed by atoms with Crippen molar-refractivity contribution in [3.63, 3.8) is 0 Å². The number of carbonyl (C=O) groups is 1. The maximum atomic E-state index is 15.0. The molecule has 216 valence electrons. The van der Waals surface area contributed by atoms with Gasteiger partial charge in [-0.05, 0) is 70.8 Å². The van der Waals surface area contributed by atoms with Gasteiger partial charge in [-0.15, -0.1) is 0 Å². The Bertz CT molecular complexity index is 1460. The average Bonchev–Trinajstić information content (AvgIpc) is 3.04. The number of hydrogen-bond donors (Lipinski definition) is 4. The zero-order valence-corrected chi connectivity index (χ0v) is 23.0. The number of carbonyl (C=O) groups excluding carboxylic acids is 1. The maximum Gasteiger partial charge on any atom is 0.323 e. The summed E-state index contributed by atoms with van der Waals surface area (Å²) >= 11 is 0. The molecule has 2 aliphatic heterocycles. The number of benzene rings is 2. The molecule has 2 fully saturated rings. The van der Waals surface area contributed by atoms with E-state index in [0.29, 0.717) is 11.1 Å². The zero-order chi connectivity index (χ0) is 28.9. The van der Waals surface area contributed by atoms with E-state index >= 15 is 8.78 Å². The topological polar surface area (TPSA) is 97.5 Å². The van der Waals surface area contributed by atoms with Crippen molar-refractivity contribution in [3.8, 4) is 22.3 Å². The lowest BCUT2D eigenvalue weighted by Crippen LogP contribution is -2.43. The van der Waals surface area contributed by atoms with Crippen molar-refractivity contribution < 1.29 is 13.6 Å². The fraction of sp³-hybridized carbons (Fsp3) is 0.258. The summed E-state index contributed by atoms with van der Waals surface area (Å²) in [6.07, 6.45) is 3.42. The van der Waals surface area contributed by atoms with E-state index in [0.717, 1.165) is 75.1 Å². The van der Waals surface area contributed by atoms with E-state index in [-0.39, 0.29) is 11.4 Å². The quantitative estimate of drug-likeness (QED) is 0.270. The molecular formula is C31H32F2N8O. The average molecular weight is 571 g/mol. The smallest absolute Gasteiger partial charge is 0.323 e. The monoisotopic (exact) mass is 570 g/mol. The molecule has 0 aliphatic carbocycles. The number of anilines is 4. The minimum atomic E-state index is -0.747. The number of amides is 2. The summed E-state index contributed by atoms with van der Waals surface area (Å²) in [4.78, 5) is 25.9. The third-order valence-corrected chi connectivity index (χ3v) is 7.47. The van der Waals surface area contributed by atoms with Gasteiger partial charge in [0.25, 0.3) is 0 Å². The largest absolute Gasteiger partial charge is 0.354 e. The predicted molar refractivity (Wildman–Crippen MR) is 162 cm³/mol. The van der Waals surface area contributed by atoms with Gasteiger partial charge in [-0.25, -0.2) is 23.5 Å². The van der Waals surface area contributed by atoms with Crippen LogP contribution in [0.3, 0.4) is 0 Å². The van der Waals surface area contributed by atoms with E-state index in [4.69, 9.17) is 0 Å². The summed E-state index contributed by atoms with van der Waals surface area (Å²) < 4.78 is 30.0. The van der Waals surface area contributed by atoms with Crippen LogP contribution in [-0.4, -0.2) is 68.4 Å². The Morgan fingerprint density at radius 1 is 0.619 bits per heavy atom. The van der Waals surface area contributed by atoms with Crippen LogP contribution in [0.5, 0.6) is 0 Å². The molecule has 0 unspecified atom stereocenters. The Morgan fingerprint density at radius 2 is 1.02 bits per heavy atom. The molecule has 4 N–H and O–H groups in total. The Labute approximate surface area is 243 Å². The first-order chi connectivity index (χ1) is 20.5. The van der Waals surface area contributed by atoms with Crippen LogP contribution in [0, 0.1) is 11.6 Å². The van der Waals surface area contributed by atoms with Crippen LogP contribution < -0.4 is 31.1 Å². The number of urea groups is 1. The molecule has 4 heterocycles. The molecule has 9 nitrogen and oxygen atoms in total.